The molecular weight excluding hydrogens is 418 g/mol. The number of sulfonamides is 1. The number of carbonyl (C=O) groups is 2. The van der Waals surface area contributed by atoms with Gasteiger partial charge in [0.25, 0.3) is 11.8 Å². The van der Waals surface area contributed by atoms with Crippen LogP contribution in [0.25, 0.3) is 0 Å². The average Bonchev–Trinajstić information content (AvgIpc) is 3.29. The van der Waals surface area contributed by atoms with E-state index < -0.39 is 15.9 Å². The van der Waals surface area contributed by atoms with Crippen molar-refractivity contribution < 1.29 is 22.4 Å². The molecule has 0 saturated carbocycles. The molecule has 3 aromatic rings. The van der Waals surface area contributed by atoms with Crippen LogP contribution in [0.2, 0.25) is 0 Å². The summed E-state index contributed by atoms with van der Waals surface area (Å²) in [4.78, 5) is 24.8. The van der Waals surface area contributed by atoms with E-state index in [0.717, 1.165) is 11.1 Å². The second-order valence-electron chi connectivity index (χ2n) is 6.92. The van der Waals surface area contributed by atoms with Gasteiger partial charge < -0.3 is 15.1 Å². The fourth-order valence-corrected chi connectivity index (χ4v) is 3.59. The average molecular weight is 442 g/mol. The molecule has 0 aliphatic rings. The van der Waals surface area contributed by atoms with Crippen LogP contribution in [0.3, 0.4) is 0 Å². The van der Waals surface area contributed by atoms with Gasteiger partial charge in [0.15, 0.2) is 5.76 Å². The van der Waals surface area contributed by atoms with Crippen LogP contribution in [0.1, 0.15) is 37.6 Å². The third-order valence-electron chi connectivity index (χ3n) is 4.64. The number of amides is 2. The first kappa shape index (κ1) is 22.3. The predicted molar refractivity (Wildman–Crippen MR) is 117 cm³/mol. The van der Waals surface area contributed by atoms with E-state index in [1.807, 2.05) is 6.92 Å². The number of anilines is 1. The summed E-state index contributed by atoms with van der Waals surface area (Å²) in [6.45, 7) is 2.11. The maximum absolute atomic E-state index is 12.6. The zero-order valence-corrected chi connectivity index (χ0v) is 18.0. The van der Waals surface area contributed by atoms with E-state index in [2.05, 4.69) is 15.4 Å². The molecule has 0 spiro atoms. The first-order valence-corrected chi connectivity index (χ1v) is 11.2. The molecule has 0 atom stereocenters. The van der Waals surface area contributed by atoms with E-state index in [-0.39, 0.29) is 24.0 Å². The fraction of sp³-hybridized carbons (Fsp3) is 0.182. The number of rotatable bonds is 8. The highest BCUT2D eigenvalue weighted by molar-refractivity contribution is 7.88. The van der Waals surface area contributed by atoms with Crippen molar-refractivity contribution in [2.45, 2.75) is 19.2 Å². The van der Waals surface area contributed by atoms with Crippen molar-refractivity contribution in [2.24, 2.45) is 0 Å². The number of benzene rings is 2. The Bertz CT molecular complexity index is 1170. The lowest BCUT2D eigenvalue weighted by atomic mass is 10.1. The quantitative estimate of drug-likeness (QED) is 0.497. The van der Waals surface area contributed by atoms with Crippen LogP contribution in [0.4, 0.5) is 5.69 Å². The molecule has 0 bridgehead atoms. The molecule has 2 aromatic carbocycles. The summed E-state index contributed by atoms with van der Waals surface area (Å²) >= 11 is 0. The van der Waals surface area contributed by atoms with Gasteiger partial charge in [0.2, 0.25) is 10.0 Å². The molecule has 0 saturated heterocycles. The Kier molecular flexibility index (Phi) is 6.88. The van der Waals surface area contributed by atoms with Gasteiger partial charge in [-0.05, 0) is 54.9 Å². The minimum atomic E-state index is -3.33. The lowest BCUT2D eigenvalue weighted by Crippen LogP contribution is -2.23. The molecule has 1 aromatic heterocycles. The van der Waals surface area contributed by atoms with Crippen molar-refractivity contribution >= 4 is 27.5 Å². The number of hydrogen-bond acceptors (Lipinski definition) is 5. The monoisotopic (exact) mass is 441 g/mol. The number of furan rings is 1. The summed E-state index contributed by atoms with van der Waals surface area (Å²) in [6, 6.07) is 15.2. The van der Waals surface area contributed by atoms with Crippen molar-refractivity contribution in [1.29, 1.82) is 0 Å². The van der Waals surface area contributed by atoms with Crippen molar-refractivity contribution in [1.82, 2.24) is 10.0 Å². The molecule has 3 rings (SSSR count). The summed E-state index contributed by atoms with van der Waals surface area (Å²) in [5, 5.41) is 5.57. The van der Waals surface area contributed by atoms with Crippen LogP contribution in [0.5, 0.6) is 0 Å². The van der Waals surface area contributed by atoms with Crippen LogP contribution < -0.4 is 15.4 Å². The molecular formula is C22H23N3O5S. The van der Waals surface area contributed by atoms with E-state index in [0.29, 0.717) is 16.8 Å². The molecule has 3 N–H and O–H groups in total. The molecule has 9 heteroatoms. The standard InChI is InChI=1S/C22H23N3O5S/c1-15-5-10-18(12-19(15)25-22(27)20-4-3-11-30-20)21(26)24-13-16-6-8-17(9-7-16)14-31(28,29)23-2/h3-12,23H,13-14H2,1-2H3,(H,24,26)(H,25,27). The highest BCUT2D eigenvalue weighted by Crippen LogP contribution is 2.18. The van der Waals surface area contributed by atoms with Gasteiger partial charge in [-0.15, -0.1) is 0 Å². The first-order valence-electron chi connectivity index (χ1n) is 9.50. The maximum Gasteiger partial charge on any atom is 0.291 e. The fourth-order valence-electron chi connectivity index (χ4n) is 2.82. The van der Waals surface area contributed by atoms with Gasteiger partial charge in [-0.25, -0.2) is 13.1 Å². The van der Waals surface area contributed by atoms with Gasteiger partial charge >= 0.3 is 0 Å². The summed E-state index contributed by atoms with van der Waals surface area (Å²) < 4.78 is 30.6. The van der Waals surface area contributed by atoms with E-state index in [1.165, 1.54) is 13.3 Å². The SMILES string of the molecule is CNS(=O)(=O)Cc1ccc(CNC(=O)c2ccc(C)c(NC(=O)c3ccco3)c2)cc1. The molecule has 1 heterocycles. The Morgan fingerprint density at radius 3 is 2.32 bits per heavy atom. The van der Waals surface area contributed by atoms with Gasteiger partial charge in [0.1, 0.15) is 0 Å². The largest absolute Gasteiger partial charge is 0.459 e. The van der Waals surface area contributed by atoms with Crippen molar-refractivity contribution in [2.75, 3.05) is 12.4 Å². The summed E-state index contributed by atoms with van der Waals surface area (Å²) in [5.41, 5.74) is 3.21. The smallest absolute Gasteiger partial charge is 0.291 e. The molecule has 0 aliphatic heterocycles. The topological polar surface area (TPSA) is 118 Å². The van der Waals surface area contributed by atoms with Crippen LogP contribution in [0, 0.1) is 6.92 Å². The minimum absolute atomic E-state index is 0.105. The number of nitrogens with one attached hydrogen (secondary N) is 3. The molecule has 8 nitrogen and oxygen atoms in total. The number of hydrogen-bond donors (Lipinski definition) is 3. The molecule has 0 unspecified atom stereocenters. The minimum Gasteiger partial charge on any atom is -0.459 e. The van der Waals surface area contributed by atoms with Gasteiger partial charge in [0.05, 0.1) is 12.0 Å². The molecule has 2 amide bonds. The van der Waals surface area contributed by atoms with E-state index >= 15 is 0 Å². The van der Waals surface area contributed by atoms with Crippen molar-refractivity contribution in [3.8, 4) is 0 Å². The summed E-state index contributed by atoms with van der Waals surface area (Å²) in [5.74, 6) is -0.618. The Morgan fingerprint density at radius 1 is 0.968 bits per heavy atom. The molecule has 31 heavy (non-hydrogen) atoms. The van der Waals surface area contributed by atoms with E-state index in [9.17, 15) is 18.0 Å². The normalized spacial score (nSPS) is 11.2. The van der Waals surface area contributed by atoms with Crippen molar-refractivity contribution in [3.63, 3.8) is 0 Å². The predicted octanol–water partition coefficient (Wildman–Crippen LogP) is 2.82. The number of aryl methyl sites for hydroxylation is 1. The van der Waals surface area contributed by atoms with Gasteiger partial charge in [-0.1, -0.05) is 30.3 Å². The third-order valence-corrected chi connectivity index (χ3v) is 5.97. The van der Waals surface area contributed by atoms with Gasteiger partial charge in [-0.3, -0.25) is 9.59 Å². The molecule has 0 aliphatic carbocycles. The van der Waals surface area contributed by atoms with Gasteiger partial charge in [0, 0.05) is 17.8 Å². The van der Waals surface area contributed by atoms with E-state index in [4.69, 9.17) is 4.42 Å². The Morgan fingerprint density at radius 2 is 1.68 bits per heavy atom. The van der Waals surface area contributed by atoms with Gasteiger partial charge in [-0.2, -0.15) is 0 Å². The van der Waals surface area contributed by atoms with Crippen LogP contribution >= 0.6 is 0 Å². The van der Waals surface area contributed by atoms with E-state index in [1.54, 1.807) is 54.6 Å². The van der Waals surface area contributed by atoms with Crippen LogP contribution in [0.15, 0.2) is 65.3 Å². The third kappa shape index (κ3) is 6.03. The Hall–Kier alpha value is -3.43. The highest BCUT2D eigenvalue weighted by atomic mass is 32.2. The lowest BCUT2D eigenvalue weighted by molar-refractivity contribution is 0.0949. The zero-order chi connectivity index (χ0) is 22.4. The highest BCUT2D eigenvalue weighted by Gasteiger charge is 2.13. The Labute approximate surface area is 180 Å². The summed E-state index contributed by atoms with van der Waals surface area (Å²) in [7, 11) is -1.96. The Balaban J connectivity index is 1.62. The maximum atomic E-state index is 12.6. The molecule has 162 valence electrons. The molecule has 0 fully saturated rings. The second-order valence-corrected chi connectivity index (χ2v) is 8.85. The number of carbonyl (C=O) groups excluding carboxylic acids is 2. The molecule has 0 radical (unpaired) electrons. The zero-order valence-electron chi connectivity index (χ0n) is 17.1. The second kappa shape index (κ2) is 9.59. The summed E-state index contributed by atoms with van der Waals surface area (Å²) in [6.07, 6.45) is 1.41. The lowest BCUT2D eigenvalue weighted by Gasteiger charge is -2.11. The van der Waals surface area contributed by atoms with Crippen molar-refractivity contribution in [3.05, 3.63) is 88.9 Å². The first-order chi connectivity index (χ1) is 14.8. The van der Waals surface area contributed by atoms with Crippen LogP contribution in [-0.2, 0) is 22.3 Å². The van der Waals surface area contributed by atoms with Crippen LogP contribution in [-0.4, -0.2) is 27.3 Å².